The molecule has 0 atom stereocenters. The fourth-order valence-electron chi connectivity index (χ4n) is 1.91. The average Bonchev–Trinajstić information content (AvgIpc) is 2.47. The summed E-state index contributed by atoms with van der Waals surface area (Å²) in [6, 6.07) is 14.4. The molecule has 0 aliphatic carbocycles. The van der Waals surface area contributed by atoms with Crippen LogP contribution in [-0.2, 0) is 17.9 Å². The van der Waals surface area contributed by atoms with Crippen LogP contribution < -0.4 is 5.32 Å². The van der Waals surface area contributed by atoms with Crippen molar-refractivity contribution in [2.45, 2.75) is 13.2 Å². The van der Waals surface area contributed by atoms with E-state index in [-0.39, 0.29) is 5.69 Å². The maximum absolute atomic E-state index is 10.6. The number of ether oxygens (including phenoxy) is 1. The summed E-state index contributed by atoms with van der Waals surface area (Å²) in [7, 11) is 1.66. The first-order valence-corrected chi connectivity index (χ1v) is 6.25. The Bertz CT molecular complexity index is 582. The van der Waals surface area contributed by atoms with Gasteiger partial charge in [-0.25, -0.2) is 0 Å². The van der Waals surface area contributed by atoms with Gasteiger partial charge in [-0.2, -0.15) is 0 Å². The summed E-state index contributed by atoms with van der Waals surface area (Å²) < 4.78 is 5.15. The Labute approximate surface area is 117 Å². The van der Waals surface area contributed by atoms with Crippen molar-refractivity contribution in [3.8, 4) is 0 Å². The van der Waals surface area contributed by atoms with Gasteiger partial charge in [0.15, 0.2) is 0 Å². The van der Waals surface area contributed by atoms with E-state index in [0.717, 1.165) is 16.8 Å². The molecule has 1 N–H and O–H groups in total. The average molecular weight is 272 g/mol. The molecule has 2 aromatic rings. The number of benzene rings is 2. The van der Waals surface area contributed by atoms with E-state index >= 15 is 0 Å². The molecule has 0 bridgehead atoms. The van der Waals surface area contributed by atoms with E-state index in [9.17, 15) is 10.1 Å². The molecule has 0 saturated heterocycles. The number of non-ortho nitro benzene ring substituents is 1. The van der Waals surface area contributed by atoms with Crippen LogP contribution in [0, 0.1) is 10.1 Å². The van der Waals surface area contributed by atoms with Crippen LogP contribution in [0.1, 0.15) is 11.1 Å². The minimum atomic E-state index is -0.398. The number of hydrogen-bond donors (Lipinski definition) is 1. The van der Waals surface area contributed by atoms with Crippen molar-refractivity contribution in [3.05, 3.63) is 69.8 Å². The van der Waals surface area contributed by atoms with Gasteiger partial charge in [-0.3, -0.25) is 10.1 Å². The molecule has 0 amide bonds. The van der Waals surface area contributed by atoms with E-state index in [1.807, 2.05) is 24.3 Å². The number of nitro groups is 1. The molecule has 20 heavy (non-hydrogen) atoms. The van der Waals surface area contributed by atoms with Crippen LogP contribution in [0.2, 0.25) is 0 Å². The molecular weight excluding hydrogens is 256 g/mol. The third-order valence-corrected chi connectivity index (χ3v) is 2.95. The number of para-hydroxylation sites is 1. The molecule has 0 spiro atoms. The lowest BCUT2D eigenvalue weighted by molar-refractivity contribution is -0.384. The number of anilines is 1. The van der Waals surface area contributed by atoms with Gasteiger partial charge in [0.1, 0.15) is 0 Å². The zero-order chi connectivity index (χ0) is 14.4. The maximum Gasteiger partial charge on any atom is 0.269 e. The van der Waals surface area contributed by atoms with E-state index in [1.165, 1.54) is 12.1 Å². The summed E-state index contributed by atoms with van der Waals surface area (Å²) in [6.45, 7) is 1.15. The van der Waals surface area contributed by atoms with Gasteiger partial charge in [-0.1, -0.05) is 30.3 Å². The summed E-state index contributed by atoms with van der Waals surface area (Å²) in [6.07, 6.45) is 0. The van der Waals surface area contributed by atoms with E-state index in [1.54, 1.807) is 19.2 Å². The lowest BCUT2D eigenvalue weighted by Crippen LogP contribution is -2.03. The van der Waals surface area contributed by atoms with Crippen LogP contribution in [0.4, 0.5) is 11.4 Å². The highest BCUT2D eigenvalue weighted by Crippen LogP contribution is 2.18. The minimum Gasteiger partial charge on any atom is -0.381 e. The van der Waals surface area contributed by atoms with Crippen LogP contribution >= 0.6 is 0 Å². The Morgan fingerprint density at radius 3 is 2.50 bits per heavy atom. The molecule has 0 unspecified atom stereocenters. The molecule has 5 heteroatoms. The van der Waals surface area contributed by atoms with Gasteiger partial charge in [-0.05, 0) is 11.6 Å². The lowest BCUT2D eigenvalue weighted by Gasteiger charge is -2.11. The molecule has 0 aliphatic rings. The Kier molecular flexibility index (Phi) is 4.68. The second-order valence-electron chi connectivity index (χ2n) is 4.37. The number of methoxy groups -OCH3 is 1. The Morgan fingerprint density at radius 1 is 1.15 bits per heavy atom. The van der Waals surface area contributed by atoms with Crippen LogP contribution in [0.5, 0.6) is 0 Å². The van der Waals surface area contributed by atoms with Crippen molar-refractivity contribution in [2.24, 2.45) is 0 Å². The van der Waals surface area contributed by atoms with Crippen molar-refractivity contribution < 1.29 is 9.66 Å². The Morgan fingerprint density at radius 2 is 1.85 bits per heavy atom. The molecule has 0 aliphatic heterocycles. The lowest BCUT2D eigenvalue weighted by atomic mass is 10.1. The molecule has 0 fully saturated rings. The zero-order valence-electron chi connectivity index (χ0n) is 11.2. The first-order chi connectivity index (χ1) is 9.70. The predicted molar refractivity (Wildman–Crippen MR) is 77.6 cm³/mol. The van der Waals surface area contributed by atoms with Gasteiger partial charge in [-0.15, -0.1) is 0 Å². The summed E-state index contributed by atoms with van der Waals surface area (Å²) in [5.74, 6) is 0. The number of nitrogens with one attached hydrogen (secondary N) is 1. The molecule has 0 heterocycles. The topological polar surface area (TPSA) is 64.4 Å². The highest BCUT2D eigenvalue weighted by molar-refractivity contribution is 5.51. The van der Waals surface area contributed by atoms with Gasteiger partial charge in [0.25, 0.3) is 5.69 Å². The minimum absolute atomic E-state index is 0.105. The quantitative estimate of drug-likeness (QED) is 0.647. The van der Waals surface area contributed by atoms with Crippen molar-refractivity contribution >= 4 is 11.4 Å². The van der Waals surface area contributed by atoms with Crippen LogP contribution in [0.3, 0.4) is 0 Å². The van der Waals surface area contributed by atoms with E-state index in [4.69, 9.17) is 4.74 Å². The number of rotatable bonds is 6. The molecule has 0 aromatic heterocycles. The van der Waals surface area contributed by atoms with Crippen molar-refractivity contribution in [1.29, 1.82) is 0 Å². The van der Waals surface area contributed by atoms with Crippen molar-refractivity contribution in [1.82, 2.24) is 0 Å². The van der Waals surface area contributed by atoms with E-state index in [0.29, 0.717) is 13.2 Å². The zero-order valence-corrected chi connectivity index (χ0v) is 11.2. The number of hydrogen-bond acceptors (Lipinski definition) is 4. The summed E-state index contributed by atoms with van der Waals surface area (Å²) in [4.78, 5) is 10.2. The molecule has 5 nitrogen and oxygen atoms in total. The summed E-state index contributed by atoms with van der Waals surface area (Å²) in [5.41, 5.74) is 3.18. The molecular formula is C15H16N2O3. The second kappa shape index (κ2) is 6.68. The standard InChI is InChI=1S/C15H16N2O3/c1-20-11-13-4-2-3-5-15(13)16-10-12-6-8-14(9-7-12)17(18)19/h2-9,16H,10-11H2,1H3. The molecule has 104 valence electrons. The molecule has 2 rings (SSSR count). The highest BCUT2D eigenvalue weighted by atomic mass is 16.6. The second-order valence-corrected chi connectivity index (χ2v) is 4.37. The fourth-order valence-corrected chi connectivity index (χ4v) is 1.91. The maximum atomic E-state index is 10.6. The van der Waals surface area contributed by atoms with Crippen LogP contribution in [0.25, 0.3) is 0 Å². The first-order valence-electron chi connectivity index (χ1n) is 6.25. The summed E-state index contributed by atoms with van der Waals surface area (Å²) in [5, 5.41) is 13.9. The van der Waals surface area contributed by atoms with Crippen LogP contribution in [0.15, 0.2) is 48.5 Å². The van der Waals surface area contributed by atoms with E-state index in [2.05, 4.69) is 5.32 Å². The Balaban J connectivity index is 2.03. The third kappa shape index (κ3) is 3.55. The third-order valence-electron chi connectivity index (χ3n) is 2.95. The fraction of sp³-hybridized carbons (Fsp3) is 0.200. The molecule has 0 radical (unpaired) electrons. The van der Waals surface area contributed by atoms with Crippen molar-refractivity contribution in [2.75, 3.05) is 12.4 Å². The monoisotopic (exact) mass is 272 g/mol. The molecule has 0 saturated carbocycles. The molecule has 2 aromatic carbocycles. The van der Waals surface area contributed by atoms with Crippen LogP contribution in [-0.4, -0.2) is 12.0 Å². The summed E-state index contributed by atoms with van der Waals surface area (Å²) >= 11 is 0. The van der Waals surface area contributed by atoms with E-state index < -0.39 is 4.92 Å². The highest BCUT2D eigenvalue weighted by Gasteiger charge is 2.05. The largest absolute Gasteiger partial charge is 0.381 e. The smallest absolute Gasteiger partial charge is 0.269 e. The predicted octanol–water partition coefficient (Wildman–Crippen LogP) is 3.35. The van der Waals surface area contributed by atoms with Gasteiger partial charge < -0.3 is 10.1 Å². The van der Waals surface area contributed by atoms with Crippen molar-refractivity contribution in [3.63, 3.8) is 0 Å². The van der Waals surface area contributed by atoms with Gasteiger partial charge in [0, 0.05) is 37.0 Å². The number of nitro benzene ring substituents is 1. The first kappa shape index (κ1) is 14.0. The number of nitrogens with zero attached hydrogens (tertiary/aromatic N) is 1. The SMILES string of the molecule is COCc1ccccc1NCc1ccc([N+](=O)[O-])cc1. The van der Waals surface area contributed by atoms with Gasteiger partial charge in [0.05, 0.1) is 11.5 Å². The normalized spacial score (nSPS) is 10.2. The van der Waals surface area contributed by atoms with Gasteiger partial charge in [0.2, 0.25) is 0 Å². The Hall–Kier alpha value is -2.40. The van der Waals surface area contributed by atoms with Gasteiger partial charge >= 0.3 is 0 Å².